The first-order chi connectivity index (χ1) is 12.6. The van der Waals surface area contributed by atoms with Gasteiger partial charge in [-0.05, 0) is 42.9 Å². The summed E-state index contributed by atoms with van der Waals surface area (Å²) in [5.74, 6) is -0.432. The van der Waals surface area contributed by atoms with Crippen LogP contribution in [0.2, 0.25) is 0 Å². The van der Waals surface area contributed by atoms with Crippen molar-refractivity contribution in [3.05, 3.63) is 69.1 Å². The number of hydrogen-bond donors (Lipinski definition) is 2. The molecule has 1 atom stereocenters. The van der Waals surface area contributed by atoms with Crippen LogP contribution in [0.3, 0.4) is 0 Å². The maximum atomic E-state index is 12.8. The van der Waals surface area contributed by atoms with Gasteiger partial charge in [0.2, 0.25) is 0 Å². The molecule has 1 aliphatic rings. The van der Waals surface area contributed by atoms with Crippen molar-refractivity contribution >= 4 is 5.91 Å². The topological polar surface area (TPSA) is 71.3 Å². The summed E-state index contributed by atoms with van der Waals surface area (Å²) in [6.45, 7) is -0.221. The van der Waals surface area contributed by atoms with E-state index >= 15 is 0 Å². The molecule has 138 valence electrons. The SMILES string of the molecule is Cn1c2c(cc(C(=O)N[C@H](CO)c3ccccc3)c1=O)CCCCCC2. The number of aliphatic hydroxyl groups is 1. The number of hydrogen-bond acceptors (Lipinski definition) is 3. The van der Waals surface area contributed by atoms with Gasteiger partial charge in [-0.25, -0.2) is 0 Å². The molecule has 5 heteroatoms. The molecule has 0 saturated carbocycles. The normalized spacial score (nSPS) is 15.5. The monoisotopic (exact) mass is 354 g/mol. The molecular weight excluding hydrogens is 328 g/mol. The first-order valence-electron chi connectivity index (χ1n) is 9.30. The van der Waals surface area contributed by atoms with E-state index in [1.165, 1.54) is 12.8 Å². The highest BCUT2D eigenvalue weighted by molar-refractivity contribution is 5.94. The highest BCUT2D eigenvalue weighted by Gasteiger charge is 2.21. The number of pyridine rings is 1. The molecule has 1 aromatic heterocycles. The average Bonchev–Trinajstić information content (AvgIpc) is 2.64. The fourth-order valence-corrected chi connectivity index (χ4v) is 3.66. The number of nitrogens with one attached hydrogen (secondary N) is 1. The Morgan fingerprint density at radius 1 is 1.15 bits per heavy atom. The summed E-state index contributed by atoms with van der Waals surface area (Å²) in [5.41, 5.74) is 2.84. The predicted octanol–water partition coefficient (Wildman–Crippen LogP) is 2.51. The third-order valence-corrected chi connectivity index (χ3v) is 5.17. The van der Waals surface area contributed by atoms with Gasteiger partial charge in [0, 0.05) is 12.7 Å². The minimum Gasteiger partial charge on any atom is -0.394 e. The zero-order valence-corrected chi connectivity index (χ0v) is 15.2. The van der Waals surface area contributed by atoms with Gasteiger partial charge in [-0.1, -0.05) is 43.2 Å². The summed E-state index contributed by atoms with van der Waals surface area (Å²) in [6.07, 6.45) is 6.30. The lowest BCUT2D eigenvalue weighted by Gasteiger charge is -2.20. The van der Waals surface area contributed by atoms with Crippen molar-refractivity contribution in [3.8, 4) is 0 Å². The van der Waals surface area contributed by atoms with Gasteiger partial charge in [0.25, 0.3) is 11.5 Å². The minimum atomic E-state index is -0.532. The van der Waals surface area contributed by atoms with E-state index < -0.39 is 11.9 Å². The molecule has 0 aliphatic heterocycles. The molecule has 0 unspecified atom stereocenters. The molecule has 1 aliphatic carbocycles. The molecule has 0 fully saturated rings. The molecule has 26 heavy (non-hydrogen) atoms. The van der Waals surface area contributed by atoms with Crippen LogP contribution in [0, 0.1) is 0 Å². The Kier molecular flexibility index (Phi) is 5.89. The largest absolute Gasteiger partial charge is 0.394 e. The number of amides is 1. The van der Waals surface area contributed by atoms with Crippen LogP contribution in [-0.2, 0) is 19.9 Å². The third kappa shape index (κ3) is 3.88. The maximum Gasteiger partial charge on any atom is 0.263 e. The fraction of sp³-hybridized carbons (Fsp3) is 0.429. The summed E-state index contributed by atoms with van der Waals surface area (Å²) in [4.78, 5) is 25.5. The smallest absolute Gasteiger partial charge is 0.263 e. The van der Waals surface area contributed by atoms with Crippen LogP contribution in [0.25, 0.3) is 0 Å². The highest BCUT2D eigenvalue weighted by atomic mass is 16.3. The van der Waals surface area contributed by atoms with Gasteiger partial charge in [0.05, 0.1) is 12.6 Å². The second-order valence-electron chi connectivity index (χ2n) is 6.93. The lowest BCUT2D eigenvalue weighted by molar-refractivity contribution is 0.0914. The predicted molar refractivity (Wildman–Crippen MR) is 101 cm³/mol. The number of aryl methyl sites for hydroxylation is 1. The Morgan fingerprint density at radius 2 is 1.85 bits per heavy atom. The molecule has 2 aromatic rings. The maximum absolute atomic E-state index is 12.8. The van der Waals surface area contributed by atoms with Gasteiger partial charge in [0.1, 0.15) is 5.56 Å². The van der Waals surface area contributed by atoms with Crippen molar-refractivity contribution in [2.24, 2.45) is 7.05 Å². The standard InChI is InChI=1S/C21H26N2O3/c1-23-19-12-8-3-2-5-11-16(19)13-17(21(23)26)20(25)22-18(14-24)15-9-6-4-7-10-15/h4,6-7,9-10,13,18,24H,2-3,5,8,11-12,14H2,1H3,(H,22,25)/t18-/m1/s1. The van der Waals surface area contributed by atoms with Crippen molar-refractivity contribution in [3.63, 3.8) is 0 Å². The van der Waals surface area contributed by atoms with Crippen molar-refractivity contribution in [2.45, 2.75) is 44.6 Å². The summed E-state index contributed by atoms with van der Waals surface area (Å²) < 4.78 is 1.63. The molecule has 1 amide bonds. The van der Waals surface area contributed by atoms with Crippen LogP contribution < -0.4 is 10.9 Å². The van der Waals surface area contributed by atoms with Crippen LogP contribution in [-0.4, -0.2) is 22.2 Å². The lowest BCUT2D eigenvalue weighted by Crippen LogP contribution is -2.37. The number of fused-ring (bicyclic) bond motifs is 1. The van der Waals surface area contributed by atoms with E-state index in [-0.39, 0.29) is 17.7 Å². The van der Waals surface area contributed by atoms with E-state index in [2.05, 4.69) is 5.32 Å². The van der Waals surface area contributed by atoms with Crippen LogP contribution in [0.15, 0.2) is 41.2 Å². The molecule has 0 saturated heterocycles. The van der Waals surface area contributed by atoms with E-state index in [0.29, 0.717) is 0 Å². The second-order valence-corrected chi connectivity index (χ2v) is 6.93. The van der Waals surface area contributed by atoms with E-state index in [1.54, 1.807) is 17.7 Å². The van der Waals surface area contributed by atoms with E-state index in [0.717, 1.165) is 42.5 Å². The Morgan fingerprint density at radius 3 is 2.54 bits per heavy atom. The van der Waals surface area contributed by atoms with Gasteiger partial charge in [-0.15, -0.1) is 0 Å². The van der Waals surface area contributed by atoms with Crippen LogP contribution in [0.4, 0.5) is 0 Å². The Bertz CT molecular complexity index is 827. The van der Waals surface area contributed by atoms with Crippen LogP contribution >= 0.6 is 0 Å². The summed E-state index contributed by atoms with van der Waals surface area (Å²) in [7, 11) is 1.75. The van der Waals surface area contributed by atoms with Gasteiger partial charge in [0.15, 0.2) is 0 Å². The number of nitrogens with zero attached hydrogens (tertiary/aromatic N) is 1. The molecule has 1 heterocycles. The Hall–Kier alpha value is -2.40. The second kappa shape index (κ2) is 8.32. The molecule has 0 bridgehead atoms. The zero-order valence-electron chi connectivity index (χ0n) is 15.2. The Labute approximate surface area is 153 Å². The summed E-state index contributed by atoms with van der Waals surface area (Å²) in [6, 6.07) is 10.5. The number of carbonyl (C=O) groups excluding carboxylic acids is 1. The number of aromatic nitrogens is 1. The third-order valence-electron chi connectivity index (χ3n) is 5.17. The minimum absolute atomic E-state index is 0.154. The van der Waals surface area contributed by atoms with Crippen LogP contribution in [0.1, 0.15) is 58.9 Å². The molecule has 0 spiro atoms. The zero-order chi connectivity index (χ0) is 18.5. The Balaban J connectivity index is 1.90. The molecule has 5 nitrogen and oxygen atoms in total. The summed E-state index contributed by atoms with van der Waals surface area (Å²) >= 11 is 0. The number of benzene rings is 1. The van der Waals surface area contributed by atoms with Crippen molar-refractivity contribution in [2.75, 3.05) is 6.61 Å². The van der Waals surface area contributed by atoms with Gasteiger partial charge < -0.3 is 15.0 Å². The van der Waals surface area contributed by atoms with Gasteiger partial charge in [-0.3, -0.25) is 9.59 Å². The first kappa shape index (κ1) is 18.4. The molecule has 2 N–H and O–H groups in total. The quantitative estimate of drug-likeness (QED) is 0.886. The highest BCUT2D eigenvalue weighted by Crippen LogP contribution is 2.20. The van der Waals surface area contributed by atoms with E-state index in [9.17, 15) is 14.7 Å². The summed E-state index contributed by atoms with van der Waals surface area (Å²) in [5, 5.41) is 12.5. The fourth-order valence-electron chi connectivity index (χ4n) is 3.66. The van der Waals surface area contributed by atoms with Crippen molar-refractivity contribution < 1.29 is 9.90 Å². The van der Waals surface area contributed by atoms with E-state index in [1.807, 2.05) is 30.3 Å². The van der Waals surface area contributed by atoms with Crippen molar-refractivity contribution in [1.29, 1.82) is 0 Å². The lowest BCUT2D eigenvalue weighted by atomic mass is 9.95. The van der Waals surface area contributed by atoms with Gasteiger partial charge >= 0.3 is 0 Å². The van der Waals surface area contributed by atoms with Gasteiger partial charge in [-0.2, -0.15) is 0 Å². The van der Waals surface area contributed by atoms with Crippen molar-refractivity contribution in [1.82, 2.24) is 9.88 Å². The number of carbonyl (C=O) groups is 1. The molecular formula is C21H26N2O3. The van der Waals surface area contributed by atoms with Crippen LogP contribution in [0.5, 0.6) is 0 Å². The average molecular weight is 354 g/mol. The molecule has 3 rings (SSSR count). The first-order valence-corrected chi connectivity index (χ1v) is 9.30. The number of rotatable bonds is 4. The van der Waals surface area contributed by atoms with E-state index in [4.69, 9.17) is 0 Å². The number of aliphatic hydroxyl groups excluding tert-OH is 1. The molecule has 1 aromatic carbocycles. The molecule has 0 radical (unpaired) electrons.